The van der Waals surface area contributed by atoms with E-state index in [1.807, 2.05) is 28.8 Å². The normalized spacial score (nSPS) is 11.6. The Morgan fingerprint density at radius 1 is 0.393 bits per heavy atom. The molecule has 11 rings (SSSR count). The quantitative estimate of drug-likeness (QED) is 0.172. The van der Waals surface area contributed by atoms with Gasteiger partial charge in [-0.05, 0) is 47.3 Å². The van der Waals surface area contributed by atoms with E-state index >= 15 is 0 Å². The van der Waals surface area contributed by atoms with Crippen molar-refractivity contribution in [3.05, 3.63) is 200 Å². The molecule has 0 aliphatic carbocycles. The number of pyridine rings is 1. The van der Waals surface area contributed by atoms with E-state index in [1.54, 1.807) is 0 Å². The summed E-state index contributed by atoms with van der Waals surface area (Å²) in [6, 6.07) is 68.0. The lowest BCUT2D eigenvalue weighted by Gasteiger charge is -2.13. The Balaban J connectivity index is 1.09. The number of hydrogen-bond donors (Lipinski definition) is 0. The predicted octanol–water partition coefficient (Wildman–Crippen LogP) is 12.7. The van der Waals surface area contributed by atoms with E-state index in [-0.39, 0.29) is 0 Å². The first kappa shape index (κ1) is 31.9. The molecule has 0 bridgehead atoms. The molecule has 4 heterocycles. The number of benzene rings is 7. The molecule has 0 fully saturated rings. The van der Waals surface area contributed by atoms with Gasteiger partial charge in [-0.15, -0.1) is 0 Å². The number of nitrogens with zero attached hydrogens (tertiary/aromatic N) is 5. The molecular formula is C51H33N5. The number of fused-ring (bicyclic) bond motifs is 6. The van der Waals surface area contributed by atoms with Crippen LogP contribution < -0.4 is 0 Å². The fraction of sp³-hybridized carbons (Fsp3) is 0. The first-order valence-corrected chi connectivity index (χ1v) is 18.9. The van der Waals surface area contributed by atoms with Crippen molar-refractivity contribution in [3.63, 3.8) is 0 Å². The summed E-state index contributed by atoms with van der Waals surface area (Å²) in [5.41, 5.74) is 13.6. The van der Waals surface area contributed by atoms with Crippen LogP contribution in [0, 0.1) is 0 Å². The summed E-state index contributed by atoms with van der Waals surface area (Å²) in [7, 11) is 0. The SMILES string of the molecule is c1ccc(-c2nc(-c3ccc(-n4c5ccccc5c5ccccc54)cc3)cc(-c3cccc4c3ccn3nc(-c5ccccc5)c(-c5ccccc5)c43)n2)cc1. The number of rotatable bonds is 6. The van der Waals surface area contributed by atoms with Crippen LogP contribution in [0.2, 0.25) is 0 Å². The molecule has 56 heavy (non-hydrogen) atoms. The molecule has 5 nitrogen and oxygen atoms in total. The zero-order chi connectivity index (χ0) is 37.0. The van der Waals surface area contributed by atoms with Crippen LogP contribution in [0.25, 0.3) is 100 Å². The van der Waals surface area contributed by atoms with Crippen LogP contribution in [0.15, 0.2) is 200 Å². The third-order valence-corrected chi connectivity index (χ3v) is 10.8. The Kier molecular flexibility index (Phi) is 7.42. The lowest BCUT2D eigenvalue weighted by Crippen LogP contribution is -1.98. The first-order valence-electron chi connectivity index (χ1n) is 18.9. The van der Waals surface area contributed by atoms with E-state index in [1.165, 1.54) is 21.8 Å². The van der Waals surface area contributed by atoms with E-state index in [9.17, 15) is 0 Å². The second-order valence-corrected chi connectivity index (χ2v) is 14.1. The summed E-state index contributed by atoms with van der Waals surface area (Å²) in [4.78, 5) is 10.4. The van der Waals surface area contributed by atoms with Crippen LogP contribution >= 0.6 is 0 Å². The van der Waals surface area contributed by atoms with E-state index in [4.69, 9.17) is 15.1 Å². The number of para-hydroxylation sites is 2. The third-order valence-electron chi connectivity index (χ3n) is 10.8. The Morgan fingerprint density at radius 2 is 0.964 bits per heavy atom. The molecule has 0 spiro atoms. The monoisotopic (exact) mass is 715 g/mol. The Labute approximate surface area is 323 Å². The van der Waals surface area contributed by atoms with E-state index in [0.717, 1.165) is 72.4 Å². The molecule has 4 aromatic heterocycles. The van der Waals surface area contributed by atoms with Gasteiger partial charge in [0.05, 0.1) is 27.9 Å². The van der Waals surface area contributed by atoms with Crippen LogP contribution in [0.1, 0.15) is 0 Å². The maximum absolute atomic E-state index is 5.25. The van der Waals surface area contributed by atoms with Gasteiger partial charge in [0, 0.05) is 55.9 Å². The molecule has 5 heteroatoms. The summed E-state index contributed by atoms with van der Waals surface area (Å²) in [6.07, 6.45) is 2.08. The Bertz CT molecular complexity index is 3170. The summed E-state index contributed by atoms with van der Waals surface area (Å²) in [5.74, 6) is 0.684. The minimum Gasteiger partial charge on any atom is -0.309 e. The molecule has 0 aliphatic heterocycles. The van der Waals surface area contributed by atoms with Crippen molar-refractivity contribution in [2.45, 2.75) is 0 Å². The minimum absolute atomic E-state index is 0.684. The standard InChI is InChI=1S/C51H33N5/c1-4-15-35(16-5-1)48-49(36-17-6-2-7-18-36)54-55-32-31-39-40(23-14-24-43(39)50(48)55)45-33-44(52-51(53-45)37-19-8-3-9-20-37)34-27-29-38(30-28-34)56-46-25-12-10-21-41(46)42-22-11-13-26-47(42)56/h1-33H. The first-order chi connectivity index (χ1) is 27.8. The van der Waals surface area contributed by atoms with Gasteiger partial charge in [0.15, 0.2) is 5.82 Å². The molecule has 0 radical (unpaired) electrons. The van der Waals surface area contributed by atoms with Crippen molar-refractivity contribution in [2.75, 3.05) is 0 Å². The molecule has 0 unspecified atom stereocenters. The molecule has 0 saturated carbocycles. The highest BCUT2D eigenvalue weighted by Crippen LogP contribution is 2.41. The molecule has 0 saturated heterocycles. The fourth-order valence-corrected chi connectivity index (χ4v) is 8.23. The van der Waals surface area contributed by atoms with Gasteiger partial charge in [-0.2, -0.15) is 5.10 Å². The van der Waals surface area contributed by atoms with Gasteiger partial charge in [-0.1, -0.05) is 158 Å². The highest BCUT2D eigenvalue weighted by Gasteiger charge is 2.21. The van der Waals surface area contributed by atoms with E-state index in [0.29, 0.717) is 5.82 Å². The van der Waals surface area contributed by atoms with Gasteiger partial charge in [-0.3, -0.25) is 0 Å². The smallest absolute Gasteiger partial charge is 0.160 e. The van der Waals surface area contributed by atoms with Crippen molar-refractivity contribution in [3.8, 4) is 62.0 Å². The summed E-state index contributed by atoms with van der Waals surface area (Å²) >= 11 is 0. The number of aromatic nitrogens is 5. The summed E-state index contributed by atoms with van der Waals surface area (Å²) in [6.45, 7) is 0. The largest absolute Gasteiger partial charge is 0.309 e. The van der Waals surface area contributed by atoms with Gasteiger partial charge in [0.25, 0.3) is 0 Å². The maximum atomic E-state index is 5.25. The van der Waals surface area contributed by atoms with Gasteiger partial charge in [0.1, 0.15) is 5.69 Å². The van der Waals surface area contributed by atoms with Crippen molar-refractivity contribution < 1.29 is 0 Å². The second-order valence-electron chi connectivity index (χ2n) is 14.1. The van der Waals surface area contributed by atoms with Gasteiger partial charge in [-0.25, -0.2) is 14.5 Å². The fourth-order valence-electron chi connectivity index (χ4n) is 8.23. The molecule has 0 N–H and O–H groups in total. The lowest BCUT2D eigenvalue weighted by molar-refractivity contribution is 0.971. The van der Waals surface area contributed by atoms with Crippen LogP contribution in [-0.2, 0) is 0 Å². The van der Waals surface area contributed by atoms with Crippen LogP contribution in [0.3, 0.4) is 0 Å². The molecule has 262 valence electrons. The maximum Gasteiger partial charge on any atom is 0.160 e. The highest BCUT2D eigenvalue weighted by molar-refractivity contribution is 6.11. The molecule has 11 aromatic rings. The molecule has 0 atom stereocenters. The van der Waals surface area contributed by atoms with Crippen LogP contribution in [0.4, 0.5) is 0 Å². The zero-order valence-electron chi connectivity index (χ0n) is 30.3. The molecule has 7 aromatic carbocycles. The molecular weight excluding hydrogens is 683 g/mol. The Hall–Kier alpha value is -7.63. The summed E-state index contributed by atoms with van der Waals surface area (Å²) in [5, 5.41) is 9.87. The average Bonchev–Trinajstić information content (AvgIpc) is 3.84. The summed E-state index contributed by atoms with van der Waals surface area (Å²) < 4.78 is 4.37. The van der Waals surface area contributed by atoms with Crippen molar-refractivity contribution >= 4 is 38.1 Å². The van der Waals surface area contributed by atoms with Crippen LogP contribution in [-0.4, -0.2) is 24.1 Å². The Morgan fingerprint density at radius 3 is 1.64 bits per heavy atom. The lowest BCUT2D eigenvalue weighted by atomic mass is 9.95. The predicted molar refractivity (Wildman–Crippen MR) is 230 cm³/mol. The van der Waals surface area contributed by atoms with Crippen molar-refractivity contribution in [2.24, 2.45) is 0 Å². The minimum atomic E-state index is 0.684. The van der Waals surface area contributed by atoms with Gasteiger partial charge in [0.2, 0.25) is 0 Å². The zero-order valence-corrected chi connectivity index (χ0v) is 30.3. The molecule has 0 amide bonds. The average molecular weight is 716 g/mol. The van der Waals surface area contributed by atoms with Crippen molar-refractivity contribution in [1.29, 1.82) is 0 Å². The van der Waals surface area contributed by atoms with E-state index < -0.39 is 0 Å². The van der Waals surface area contributed by atoms with E-state index in [2.05, 4.69) is 181 Å². The van der Waals surface area contributed by atoms with Crippen molar-refractivity contribution in [1.82, 2.24) is 24.1 Å². The topological polar surface area (TPSA) is 48.0 Å². The molecule has 0 aliphatic rings. The highest BCUT2D eigenvalue weighted by atomic mass is 15.2. The second kappa shape index (κ2) is 13.0. The van der Waals surface area contributed by atoms with Gasteiger partial charge >= 0.3 is 0 Å². The van der Waals surface area contributed by atoms with Gasteiger partial charge < -0.3 is 4.57 Å². The third kappa shape index (κ3) is 5.21. The van der Waals surface area contributed by atoms with Crippen LogP contribution in [0.5, 0.6) is 0 Å². The number of hydrogen-bond acceptors (Lipinski definition) is 3.